The number of aromatic hydroxyl groups is 1. The monoisotopic (exact) mass is 277 g/mol. The first-order valence-electron chi connectivity index (χ1n) is 6.36. The van der Waals surface area contributed by atoms with E-state index in [0.29, 0.717) is 18.0 Å². The highest BCUT2D eigenvalue weighted by Crippen LogP contribution is 2.37. The molecule has 2 aromatic rings. The van der Waals surface area contributed by atoms with Crippen LogP contribution in [-0.2, 0) is 6.54 Å². The highest BCUT2D eigenvalue weighted by molar-refractivity contribution is 5.52. The Bertz CT molecular complexity index is 526. The van der Waals surface area contributed by atoms with E-state index < -0.39 is 0 Å². The van der Waals surface area contributed by atoms with Gasteiger partial charge in [-0.1, -0.05) is 0 Å². The van der Waals surface area contributed by atoms with Gasteiger partial charge in [0.1, 0.15) is 5.76 Å². The molecular weight excluding hydrogens is 258 g/mol. The van der Waals surface area contributed by atoms with E-state index in [2.05, 4.69) is 5.32 Å². The zero-order chi connectivity index (χ0) is 14.5. The molecule has 5 nitrogen and oxygen atoms in total. The summed E-state index contributed by atoms with van der Waals surface area (Å²) in [6.07, 6.45) is 1.65. The van der Waals surface area contributed by atoms with Crippen LogP contribution >= 0.6 is 0 Å². The van der Waals surface area contributed by atoms with Crippen LogP contribution in [0.5, 0.6) is 17.2 Å². The fourth-order valence-electron chi connectivity index (χ4n) is 1.96. The summed E-state index contributed by atoms with van der Waals surface area (Å²) in [5.41, 5.74) is 0.954. The van der Waals surface area contributed by atoms with Crippen LogP contribution in [-0.4, -0.2) is 19.3 Å². The van der Waals surface area contributed by atoms with Crippen molar-refractivity contribution in [1.82, 2.24) is 5.32 Å². The lowest BCUT2D eigenvalue weighted by atomic mass is 10.1. The SMILES string of the molecule is COc1cc(CN[C@H](C)c2ccco2)cc(OC)c1O. The number of hydrogen-bond acceptors (Lipinski definition) is 5. The molecule has 0 amide bonds. The Balaban J connectivity index is 2.09. The zero-order valence-corrected chi connectivity index (χ0v) is 11.8. The van der Waals surface area contributed by atoms with Crippen molar-refractivity contribution in [2.75, 3.05) is 14.2 Å². The fourth-order valence-corrected chi connectivity index (χ4v) is 1.96. The number of hydrogen-bond donors (Lipinski definition) is 2. The van der Waals surface area contributed by atoms with Crippen molar-refractivity contribution >= 4 is 0 Å². The predicted molar refractivity (Wildman–Crippen MR) is 75.2 cm³/mol. The summed E-state index contributed by atoms with van der Waals surface area (Å²) in [5, 5.41) is 13.2. The first-order valence-corrected chi connectivity index (χ1v) is 6.36. The maximum absolute atomic E-state index is 9.86. The number of ether oxygens (including phenoxy) is 2. The highest BCUT2D eigenvalue weighted by Gasteiger charge is 2.12. The van der Waals surface area contributed by atoms with E-state index in [1.165, 1.54) is 14.2 Å². The summed E-state index contributed by atoms with van der Waals surface area (Å²) in [6.45, 7) is 2.63. The Labute approximate surface area is 118 Å². The van der Waals surface area contributed by atoms with Gasteiger partial charge in [0.25, 0.3) is 0 Å². The lowest BCUT2D eigenvalue weighted by molar-refractivity contribution is 0.338. The highest BCUT2D eigenvalue weighted by atomic mass is 16.5. The van der Waals surface area contributed by atoms with Gasteiger partial charge < -0.3 is 24.3 Å². The van der Waals surface area contributed by atoms with Gasteiger partial charge in [0.15, 0.2) is 11.5 Å². The smallest absolute Gasteiger partial charge is 0.200 e. The number of furan rings is 1. The number of benzene rings is 1. The molecule has 1 heterocycles. The number of rotatable bonds is 6. The molecule has 0 bridgehead atoms. The van der Waals surface area contributed by atoms with Gasteiger partial charge >= 0.3 is 0 Å². The van der Waals surface area contributed by atoms with E-state index in [-0.39, 0.29) is 11.8 Å². The summed E-state index contributed by atoms with van der Waals surface area (Å²) < 4.78 is 15.6. The molecule has 5 heteroatoms. The van der Waals surface area contributed by atoms with Gasteiger partial charge in [0.05, 0.1) is 26.5 Å². The molecule has 2 rings (SSSR count). The van der Waals surface area contributed by atoms with Gasteiger partial charge in [-0.2, -0.15) is 0 Å². The van der Waals surface area contributed by atoms with Gasteiger partial charge in [-0.3, -0.25) is 0 Å². The van der Waals surface area contributed by atoms with Crippen molar-refractivity contribution in [2.45, 2.75) is 19.5 Å². The van der Waals surface area contributed by atoms with Crippen LogP contribution in [0.2, 0.25) is 0 Å². The quantitative estimate of drug-likeness (QED) is 0.850. The van der Waals surface area contributed by atoms with Crippen molar-refractivity contribution in [3.63, 3.8) is 0 Å². The molecule has 1 atom stereocenters. The normalized spacial score (nSPS) is 12.2. The lowest BCUT2D eigenvalue weighted by Gasteiger charge is -2.14. The Morgan fingerprint density at radius 2 is 1.90 bits per heavy atom. The van der Waals surface area contributed by atoms with E-state index in [1.54, 1.807) is 18.4 Å². The third kappa shape index (κ3) is 3.05. The van der Waals surface area contributed by atoms with Crippen molar-refractivity contribution in [1.29, 1.82) is 0 Å². The maximum atomic E-state index is 9.86. The molecule has 0 spiro atoms. The van der Waals surface area contributed by atoms with Crippen LogP contribution in [0.3, 0.4) is 0 Å². The molecule has 0 aliphatic carbocycles. The zero-order valence-electron chi connectivity index (χ0n) is 11.8. The van der Waals surface area contributed by atoms with E-state index >= 15 is 0 Å². The minimum atomic E-state index is 0.0119. The summed E-state index contributed by atoms with van der Waals surface area (Å²) in [7, 11) is 3.02. The average Bonchev–Trinajstić information content (AvgIpc) is 3.00. The molecule has 0 saturated carbocycles. The number of phenolic OH excluding ortho intramolecular Hbond substituents is 1. The van der Waals surface area contributed by atoms with Crippen LogP contribution in [0.15, 0.2) is 34.9 Å². The van der Waals surface area contributed by atoms with Gasteiger partial charge in [-0.15, -0.1) is 0 Å². The second-order valence-corrected chi connectivity index (χ2v) is 4.47. The van der Waals surface area contributed by atoms with Crippen molar-refractivity contribution in [3.8, 4) is 17.2 Å². The molecule has 0 aliphatic heterocycles. The molecule has 1 aromatic carbocycles. The molecule has 1 aromatic heterocycles. The Morgan fingerprint density at radius 3 is 2.40 bits per heavy atom. The maximum Gasteiger partial charge on any atom is 0.200 e. The van der Waals surface area contributed by atoms with Crippen molar-refractivity contribution < 1.29 is 19.0 Å². The van der Waals surface area contributed by atoms with Crippen LogP contribution in [0, 0.1) is 0 Å². The molecule has 108 valence electrons. The fraction of sp³-hybridized carbons (Fsp3) is 0.333. The summed E-state index contributed by atoms with van der Waals surface area (Å²) >= 11 is 0. The first kappa shape index (κ1) is 14.3. The number of methoxy groups -OCH3 is 2. The van der Waals surface area contributed by atoms with E-state index in [9.17, 15) is 5.11 Å². The van der Waals surface area contributed by atoms with Crippen LogP contribution in [0.4, 0.5) is 0 Å². The molecular formula is C15H19NO4. The topological polar surface area (TPSA) is 63.9 Å². The third-order valence-corrected chi connectivity index (χ3v) is 3.12. The molecule has 2 N–H and O–H groups in total. The second-order valence-electron chi connectivity index (χ2n) is 4.47. The molecule has 0 aliphatic rings. The van der Waals surface area contributed by atoms with Crippen molar-refractivity contribution in [3.05, 3.63) is 41.9 Å². The Hall–Kier alpha value is -2.14. The van der Waals surface area contributed by atoms with Gasteiger partial charge in [-0.05, 0) is 36.8 Å². The van der Waals surface area contributed by atoms with E-state index in [1.807, 2.05) is 19.1 Å². The van der Waals surface area contributed by atoms with Gasteiger partial charge in [0.2, 0.25) is 5.75 Å². The second kappa shape index (κ2) is 6.34. The van der Waals surface area contributed by atoms with Gasteiger partial charge in [-0.25, -0.2) is 0 Å². The predicted octanol–water partition coefficient (Wildman–Crippen LogP) is 2.85. The average molecular weight is 277 g/mol. The molecule has 0 unspecified atom stereocenters. The summed E-state index contributed by atoms with van der Waals surface area (Å²) in [6, 6.07) is 7.44. The summed E-state index contributed by atoms with van der Waals surface area (Å²) in [5.74, 6) is 1.68. The van der Waals surface area contributed by atoms with E-state index in [0.717, 1.165) is 11.3 Å². The van der Waals surface area contributed by atoms with Crippen LogP contribution in [0.1, 0.15) is 24.3 Å². The number of phenols is 1. The van der Waals surface area contributed by atoms with Gasteiger partial charge in [0, 0.05) is 6.54 Å². The van der Waals surface area contributed by atoms with Crippen LogP contribution < -0.4 is 14.8 Å². The molecule has 20 heavy (non-hydrogen) atoms. The molecule has 0 fully saturated rings. The largest absolute Gasteiger partial charge is 0.502 e. The minimum absolute atomic E-state index is 0.0119. The number of nitrogens with one attached hydrogen (secondary N) is 1. The third-order valence-electron chi connectivity index (χ3n) is 3.12. The van der Waals surface area contributed by atoms with E-state index in [4.69, 9.17) is 13.9 Å². The van der Waals surface area contributed by atoms with Crippen LogP contribution in [0.25, 0.3) is 0 Å². The lowest BCUT2D eigenvalue weighted by Crippen LogP contribution is -2.17. The molecule has 0 saturated heterocycles. The standard InChI is InChI=1S/C15H19NO4/c1-10(12-5-4-6-20-12)16-9-11-7-13(18-2)15(17)14(8-11)19-3/h4-8,10,16-17H,9H2,1-3H3/t10-/m1/s1. The minimum Gasteiger partial charge on any atom is -0.502 e. The molecule has 0 radical (unpaired) electrons. The first-order chi connectivity index (χ1) is 9.65. The summed E-state index contributed by atoms with van der Waals surface area (Å²) in [4.78, 5) is 0. The van der Waals surface area contributed by atoms with Crippen molar-refractivity contribution in [2.24, 2.45) is 0 Å². The Morgan fingerprint density at radius 1 is 1.25 bits per heavy atom. The Kier molecular flexibility index (Phi) is 4.53.